The molecule has 1 atom stereocenters. The second kappa shape index (κ2) is 5.62. The SMILES string of the molecule is CC(C)(C)C(=O)C(Br)Cc1ccc(F)cc1C#N. The first kappa shape index (κ1) is 14.8. The Morgan fingerprint density at radius 1 is 1.50 bits per heavy atom. The van der Waals surface area contributed by atoms with Gasteiger partial charge in [0.1, 0.15) is 5.82 Å². The molecular weight excluding hydrogens is 297 g/mol. The molecule has 1 aromatic rings. The number of alkyl halides is 1. The minimum atomic E-state index is -0.443. The van der Waals surface area contributed by atoms with E-state index in [1.54, 1.807) is 6.07 Å². The van der Waals surface area contributed by atoms with E-state index in [1.165, 1.54) is 12.1 Å². The van der Waals surface area contributed by atoms with Gasteiger partial charge in [-0.3, -0.25) is 4.79 Å². The van der Waals surface area contributed by atoms with Crippen molar-refractivity contribution in [3.8, 4) is 6.07 Å². The third kappa shape index (κ3) is 3.64. The molecule has 1 aromatic carbocycles. The maximum atomic E-state index is 13.0. The van der Waals surface area contributed by atoms with Crippen LogP contribution in [0.5, 0.6) is 0 Å². The van der Waals surface area contributed by atoms with Crippen LogP contribution in [0.2, 0.25) is 0 Å². The summed E-state index contributed by atoms with van der Waals surface area (Å²) in [5, 5.41) is 8.94. The fourth-order valence-corrected chi connectivity index (χ4v) is 2.62. The van der Waals surface area contributed by atoms with E-state index in [0.717, 1.165) is 0 Å². The molecule has 0 amide bonds. The van der Waals surface area contributed by atoms with Gasteiger partial charge < -0.3 is 0 Å². The van der Waals surface area contributed by atoms with Crippen LogP contribution in [-0.4, -0.2) is 10.6 Å². The second-order valence-corrected chi connectivity index (χ2v) is 6.30. The quantitative estimate of drug-likeness (QED) is 0.800. The lowest BCUT2D eigenvalue weighted by Crippen LogP contribution is -2.30. The number of ketones is 1. The van der Waals surface area contributed by atoms with E-state index in [1.807, 2.05) is 26.8 Å². The van der Waals surface area contributed by atoms with Gasteiger partial charge >= 0.3 is 0 Å². The van der Waals surface area contributed by atoms with Crippen molar-refractivity contribution in [3.05, 3.63) is 35.1 Å². The normalized spacial score (nSPS) is 12.9. The topological polar surface area (TPSA) is 40.9 Å². The number of hydrogen-bond acceptors (Lipinski definition) is 2. The first-order valence-electron chi connectivity index (χ1n) is 5.62. The summed E-state index contributed by atoms with van der Waals surface area (Å²) >= 11 is 3.34. The zero-order valence-corrected chi connectivity index (χ0v) is 12.2. The van der Waals surface area contributed by atoms with Crippen molar-refractivity contribution in [2.24, 2.45) is 5.41 Å². The predicted molar refractivity (Wildman–Crippen MR) is 72.0 cm³/mol. The van der Waals surface area contributed by atoms with Crippen LogP contribution >= 0.6 is 15.9 Å². The first-order valence-corrected chi connectivity index (χ1v) is 6.54. The molecule has 0 saturated heterocycles. The van der Waals surface area contributed by atoms with Crippen LogP contribution in [0.4, 0.5) is 4.39 Å². The average molecular weight is 312 g/mol. The van der Waals surface area contributed by atoms with Gasteiger partial charge in [0.15, 0.2) is 5.78 Å². The molecule has 96 valence electrons. The molecule has 1 unspecified atom stereocenters. The minimum absolute atomic E-state index is 0.0655. The van der Waals surface area contributed by atoms with E-state index in [0.29, 0.717) is 12.0 Å². The number of carbonyl (C=O) groups is 1. The number of hydrogen-bond donors (Lipinski definition) is 0. The fourth-order valence-electron chi connectivity index (χ4n) is 1.59. The summed E-state index contributed by atoms with van der Waals surface area (Å²) in [5.74, 6) is -0.376. The molecule has 1 rings (SSSR count). The van der Waals surface area contributed by atoms with E-state index in [9.17, 15) is 9.18 Å². The Kier molecular flexibility index (Phi) is 4.64. The number of nitrogens with zero attached hydrogens (tertiary/aromatic N) is 1. The minimum Gasteiger partial charge on any atom is -0.298 e. The highest BCUT2D eigenvalue weighted by Gasteiger charge is 2.28. The summed E-state index contributed by atoms with van der Waals surface area (Å²) in [5.41, 5.74) is 0.514. The van der Waals surface area contributed by atoms with Gasteiger partial charge in [0.2, 0.25) is 0 Å². The van der Waals surface area contributed by atoms with E-state index in [4.69, 9.17) is 5.26 Å². The van der Waals surface area contributed by atoms with Crippen molar-refractivity contribution in [1.29, 1.82) is 5.26 Å². The number of Topliss-reactive ketones (excluding diaryl/α,β-unsaturated/α-hetero) is 1. The lowest BCUT2D eigenvalue weighted by atomic mass is 9.87. The summed E-state index contributed by atoms with van der Waals surface area (Å²) < 4.78 is 13.0. The molecule has 0 aliphatic rings. The van der Waals surface area contributed by atoms with Crippen LogP contribution in [0.25, 0.3) is 0 Å². The zero-order valence-electron chi connectivity index (χ0n) is 10.6. The van der Waals surface area contributed by atoms with E-state index in [-0.39, 0.29) is 16.2 Å². The van der Waals surface area contributed by atoms with Crippen LogP contribution in [0.1, 0.15) is 31.9 Å². The van der Waals surface area contributed by atoms with Crippen LogP contribution in [0.3, 0.4) is 0 Å². The second-order valence-electron chi connectivity index (χ2n) is 5.20. The van der Waals surface area contributed by atoms with Crippen molar-refractivity contribution in [2.75, 3.05) is 0 Å². The molecule has 0 N–H and O–H groups in total. The van der Waals surface area contributed by atoms with Gasteiger partial charge in [-0.25, -0.2) is 4.39 Å². The van der Waals surface area contributed by atoms with Gasteiger partial charge in [0, 0.05) is 5.41 Å². The van der Waals surface area contributed by atoms with Crippen molar-refractivity contribution >= 4 is 21.7 Å². The monoisotopic (exact) mass is 311 g/mol. The largest absolute Gasteiger partial charge is 0.298 e. The number of nitriles is 1. The molecule has 0 bridgehead atoms. The molecule has 0 radical (unpaired) electrons. The summed E-state index contributed by atoms with van der Waals surface area (Å²) in [7, 11) is 0. The van der Waals surface area contributed by atoms with Crippen molar-refractivity contribution in [3.63, 3.8) is 0 Å². The molecule has 0 aliphatic carbocycles. The molecule has 0 aliphatic heterocycles. The molecular formula is C14H15BrFNO. The Hall–Kier alpha value is -1.21. The molecule has 0 heterocycles. The number of rotatable bonds is 3. The van der Waals surface area contributed by atoms with Crippen molar-refractivity contribution in [1.82, 2.24) is 0 Å². The number of carbonyl (C=O) groups excluding carboxylic acids is 1. The van der Waals surface area contributed by atoms with Gasteiger partial charge in [-0.2, -0.15) is 5.26 Å². The zero-order chi connectivity index (χ0) is 13.9. The van der Waals surface area contributed by atoms with Gasteiger partial charge in [-0.05, 0) is 24.1 Å². The summed E-state index contributed by atoms with van der Waals surface area (Å²) in [6, 6.07) is 6.00. The van der Waals surface area contributed by atoms with Crippen LogP contribution in [-0.2, 0) is 11.2 Å². The highest BCUT2D eigenvalue weighted by molar-refractivity contribution is 9.10. The Morgan fingerprint density at radius 3 is 2.61 bits per heavy atom. The third-order valence-electron chi connectivity index (χ3n) is 2.62. The van der Waals surface area contributed by atoms with Crippen LogP contribution in [0.15, 0.2) is 18.2 Å². The van der Waals surface area contributed by atoms with Crippen LogP contribution < -0.4 is 0 Å². The molecule has 0 spiro atoms. The van der Waals surface area contributed by atoms with Crippen LogP contribution in [0, 0.1) is 22.6 Å². The number of halogens is 2. The lowest BCUT2D eigenvalue weighted by Gasteiger charge is -2.21. The molecule has 4 heteroatoms. The van der Waals surface area contributed by atoms with Gasteiger partial charge in [0.25, 0.3) is 0 Å². The van der Waals surface area contributed by atoms with E-state index in [2.05, 4.69) is 15.9 Å². The van der Waals surface area contributed by atoms with Gasteiger partial charge in [-0.1, -0.05) is 42.8 Å². The van der Waals surface area contributed by atoms with Crippen molar-refractivity contribution in [2.45, 2.75) is 32.0 Å². The first-order chi connectivity index (χ1) is 8.25. The Bertz CT molecular complexity index is 499. The fraction of sp³-hybridized carbons (Fsp3) is 0.429. The maximum Gasteiger partial charge on any atom is 0.152 e. The van der Waals surface area contributed by atoms with Gasteiger partial charge in [0.05, 0.1) is 16.5 Å². The van der Waals surface area contributed by atoms with Crippen molar-refractivity contribution < 1.29 is 9.18 Å². The van der Waals surface area contributed by atoms with Gasteiger partial charge in [-0.15, -0.1) is 0 Å². The standard InChI is InChI=1S/C14H15BrFNO/c1-14(2,3)13(18)12(15)7-9-4-5-11(16)6-10(9)8-17/h4-6,12H,7H2,1-3H3. The molecule has 0 fully saturated rings. The summed E-state index contributed by atoms with van der Waals surface area (Å²) in [6.07, 6.45) is 0.388. The highest BCUT2D eigenvalue weighted by Crippen LogP contribution is 2.24. The number of benzene rings is 1. The molecule has 0 aromatic heterocycles. The predicted octanol–water partition coefficient (Wildman–Crippen LogP) is 3.62. The van der Waals surface area contributed by atoms with E-state index >= 15 is 0 Å². The summed E-state index contributed by atoms with van der Waals surface area (Å²) in [4.78, 5) is 11.7. The maximum absolute atomic E-state index is 13.0. The molecule has 2 nitrogen and oxygen atoms in total. The van der Waals surface area contributed by atoms with E-state index < -0.39 is 11.2 Å². The third-order valence-corrected chi connectivity index (χ3v) is 3.35. The molecule has 0 saturated carbocycles. The Labute approximate surface area is 115 Å². The highest BCUT2D eigenvalue weighted by atomic mass is 79.9. The smallest absolute Gasteiger partial charge is 0.152 e. The average Bonchev–Trinajstić information content (AvgIpc) is 2.29. The lowest BCUT2D eigenvalue weighted by molar-refractivity contribution is -0.125. The molecule has 18 heavy (non-hydrogen) atoms. The summed E-state index contributed by atoms with van der Waals surface area (Å²) in [6.45, 7) is 5.54. The Morgan fingerprint density at radius 2 is 2.11 bits per heavy atom. The Balaban J connectivity index is 2.93.